The van der Waals surface area contributed by atoms with E-state index in [0.29, 0.717) is 0 Å². The molecule has 0 aromatic carbocycles. The Labute approximate surface area is 63.2 Å². The number of aliphatic hydroxyl groups is 1. The van der Waals surface area contributed by atoms with Gasteiger partial charge in [0.2, 0.25) is 0 Å². The highest BCUT2D eigenvalue weighted by molar-refractivity contribution is 4.50. The number of ether oxygens (including phenoxy) is 1. The van der Waals surface area contributed by atoms with Crippen LogP contribution in [0.25, 0.3) is 0 Å². The Morgan fingerprint density at radius 2 is 2.20 bits per heavy atom. The Morgan fingerprint density at radius 1 is 1.50 bits per heavy atom. The second kappa shape index (κ2) is 7.03. The highest BCUT2D eigenvalue weighted by atomic mass is 16.5. The molecule has 0 saturated carbocycles. The molecule has 10 heavy (non-hydrogen) atoms. The summed E-state index contributed by atoms with van der Waals surface area (Å²) in [6.45, 7) is 6.73. The van der Waals surface area contributed by atoms with Gasteiger partial charge in [0, 0.05) is 13.2 Å². The maximum absolute atomic E-state index is 8.42. The van der Waals surface area contributed by atoms with Gasteiger partial charge in [0.15, 0.2) is 0 Å². The van der Waals surface area contributed by atoms with Gasteiger partial charge >= 0.3 is 0 Å². The van der Waals surface area contributed by atoms with E-state index in [4.69, 9.17) is 9.84 Å². The van der Waals surface area contributed by atoms with E-state index >= 15 is 0 Å². The molecular weight excluding hydrogens is 128 g/mol. The lowest BCUT2D eigenvalue weighted by Crippen LogP contribution is -2.07. The second-order valence-electron chi connectivity index (χ2n) is 2.40. The minimum atomic E-state index is 0.263. The first-order chi connectivity index (χ1) is 4.81. The van der Waals surface area contributed by atoms with Gasteiger partial charge < -0.3 is 9.84 Å². The van der Waals surface area contributed by atoms with E-state index in [9.17, 15) is 0 Å². The minimum Gasteiger partial charge on any atom is -0.396 e. The van der Waals surface area contributed by atoms with Crippen LogP contribution in [-0.4, -0.2) is 24.4 Å². The van der Waals surface area contributed by atoms with Crippen molar-refractivity contribution in [2.75, 3.05) is 13.2 Å². The molecule has 2 nitrogen and oxygen atoms in total. The molecule has 0 saturated heterocycles. The molecule has 0 spiro atoms. The summed E-state index contributed by atoms with van der Waals surface area (Å²) in [5.74, 6) is 0. The fourth-order valence-electron chi connectivity index (χ4n) is 0.582. The zero-order valence-corrected chi connectivity index (χ0v) is 6.68. The van der Waals surface area contributed by atoms with Crippen LogP contribution in [0.5, 0.6) is 0 Å². The van der Waals surface area contributed by atoms with Gasteiger partial charge in [-0.15, -0.1) is 0 Å². The fraction of sp³-hybridized carbons (Fsp3) is 0.875. The van der Waals surface area contributed by atoms with Crippen LogP contribution in [0.3, 0.4) is 0 Å². The molecule has 2 heteroatoms. The highest BCUT2D eigenvalue weighted by Crippen LogP contribution is 1.97. The van der Waals surface area contributed by atoms with Gasteiger partial charge in [-0.05, 0) is 26.2 Å². The lowest BCUT2D eigenvalue weighted by Gasteiger charge is -2.08. The predicted octanol–water partition coefficient (Wildman–Crippen LogP) is 1.39. The molecule has 0 rings (SSSR count). The van der Waals surface area contributed by atoms with Crippen molar-refractivity contribution in [3.63, 3.8) is 0 Å². The molecule has 0 fully saturated rings. The summed E-state index contributed by atoms with van der Waals surface area (Å²) in [4.78, 5) is 0. The molecule has 1 unspecified atom stereocenters. The third kappa shape index (κ3) is 6.05. The third-order valence-corrected chi connectivity index (χ3v) is 1.36. The Bertz CT molecular complexity index is 64.3. The molecule has 0 bridgehead atoms. The standard InChI is InChI=1S/C8H17O2/c1-3-8(2)10-7-5-4-6-9/h8-9H,1,3-7H2,2H3. The smallest absolute Gasteiger partial charge is 0.0547 e. The average Bonchev–Trinajstić information content (AvgIpc) is 1.98. The summed E-state index contributed by atoms with van der Waals surface area (Å²) in [5.41, 5.74) is 0. The monoisotopic (exact) mass is 145 g/mol. The first-order valence-corrected chi connectivity index (χ1v) is 3.83. The summed E-state index contributed by atoms with van der Waals surface area (Å²) < 4.78 is 5.32. The van der Waals surface area contributed by atoms with Gasteiger partial charge in [-0.25, -0.2) is 0 Å². The normalized spacial score (nSPS) is 13.5. The summed E-state index contributed by atoms with van der Waals surface area (Å²) >= 11 is 0. The minimum absolute atomic E-state index is 0.263. The Kier molecular flexibility index (Phi) is 6.98. The quantitative estimate of drug-likeness (QED) is 0.572. The van der Waals surface area contributed by atoms with Gasteiger partial charge in [0.05, 0.1) is 6.10 Å². The van der Waals surface area contributed by atoms with Crippen LogP contribution in [0.1, 0.15) is 26.2 Å². The molecule has 0 aromatic rings. The van der Waals surface area contributed by atoms with Crippen molar-refractivity contribution in [2.24, 2.45) is 0 Å². The average molecular weight is 145 g/mol. The number of aliphatic hydroxyl groups excluding tert-OH is 1. The first-order valence-electron chi connectivity index (χ1n) is 3.83. The maximum Gasteiger partial charge on any atom is 0.0547 e. The summed E-state index contributed by atoms with van der Waals surface area (Å²) in [7, 11) is 0. The van der Waals surface area contributed by atoms with Crippen molar-refractivity contribution in [1.82, 2.24) is 0 Å². The Balaban J connectivity index is 2.89. The van der Waals surface area contributed by atoms with E-state index in [0.717, 1.165) is 25.9 Å². The van der Waals surface area contributed by atoms with Crippen LogP contribution >= 0.6 is 0 Å². The van der Waals surface area contributed by atoms with Crippen molar-refractivity contribution in [1.29, 1.82) is 0 Å². The van der Waals surface area contributed by atoms with Crippen molar-refractivity contribution < 1.29 is 9.84 Å². The van der Waals surface area contributed by atoms with Gasteiger partial charge in [0.25, 0.3) is 0 Å². The van der Waals surface area contributed by atoms with E-state index in [-0.39, 0.29) is 12.7 Å². The van der Waals surface area contributed by atoms with Crippen molar-refractivity contribution >= 4 is 0 Å². The lowest BCUT2D eigenvalue weighted by atomic mass is 10.3. The topological polar surface area (TPSA) is 29.5 Å². The number of hydrogen-bond acceptors (Lipinski definition) is 2. The van der Waals surface area contributed by atoms with Crippen LogP contribution in [0.2, 0.25) is 0 Å². The number of rotatable bonds is 6. The zero-order valence-electron chi connectivity index (χ0n) is 6.68. The number of hydrogen-bond donors (Lipinski definition) is 1. The van der Waals surface area contributed by atoms with E-state index in [1.807, 2.05) is 6.92 Å². The van der Waals surface area contributed by atoms with E-state index in [1.165, 1.54) is 0 Å². The molecule has 1 N–H and O–H groups in total. The molecule has 0 amide bonds. The molecular formula is C8H17O2. The molecule has 0 aliphatic heterocycles. The van der Waals surface area contributed by atoms with Crippen LogP contribution in [0.15, 0.2) is 0 Å². The summed E-state index contributed by atoms with van der Waals surface area (Å²) in [5, 5.41) is 8.42. The van der Waals surface area contributed by atoms with E-state index in [1.54, 1.807) is 0 Å². The van der Waals surface area contributed by atoms with Crippen LogP contribution in [0, 0.1) is 6.92 Å². The van der Waals surface area contributed by atoms with Crippen molar-refractivity contribution in [2.45, 2.75) is 32.3 Å². The van der Waals surface area contributed by atoms with Gasteiger partial charge in [-0.2, -0.15) is 0 Å². The Hall–Kier alpha value is -0.0800. The van der Waals surface area contributed by atoms with Gasteiger partial charge in [0.1, 0.15) is 0 Å². The lowest BCUT2D eigenvalue weighted by molar-refractivity contribution is 0.0626. The zero-order chi connectivity index (χ0) is 7.82. The van der Waals surface area contributed by atoms with Crippen LogP contribution < -0.4 is 0 Å². The summed E-state index contributed by atoms with van der Waals surface area (Å²) in [6.07, 6.45) is 2.86. The molecule has 61 valence electrons. The van der Waals surface area contributed by atoms with Crippen molar-refractivity contribution in [3.05, 3.63) is 6.92 Å². The van der Waals surface area contributed by atoms with Gasteiger partial charge in [-0.1, -0.05) is 6.92 Å². The maximum atomic E-state index is 8.42. The molecule has 0 aliphatic carbocycles. The molecule has 0 aliphatic rings. The third-order valence-electron chi connectivity index (χ3n) is 1.36. The second-order valence-corrected chi connectivity index (χ2v) is 2.40. The molecule has 1 radical (unpaired) electrons. The molecule has 0 heterocycles. The van der Waals surface area contributed by atoms with Crippen molar-refractivity contribution in [3.8, 4) is 0 Å². The van der Waals surface area contributed by atoms with E-state index < -0.39 is 0 Å². The largest absolute Gasteiger partial charge is 0.396 e. The van der Waals surface area contributed by atoms with Crippen LogP contribution in [0.4, 0.5) is 0 Å². The molecule has 1 atom stereocenters. The molecule has 0 aromatic heterocycles. The fourth-order valence-corrected chi connectivity index (χ4v) is 0.582. The highest BCUT2D eigenvalue weighted by Gasteiger charge is 1.96. The summed E-state index contributed by atoms with van der Waals surface area (Å²) in [6, 6.07) is 0. The van der Waals surface area contributed by atoms with Gasteiger partial charge in [-0.3, -0.25) is 0 Å². The van der Waals surface area contributed by atoms with E-state index in [2.05, 4.69) is 6.92 Å². The number of unbranched alkanes of at least 4 members (excludes halogenated alkanes) is 1. The predicted molar refractivity (Wildman–Crippen MR) is 41.7 cm³/mol. The SMILES string of the molecule is [CH2]CC(C)OCCCCO. The first kappa shape index (κ1) is 9.92. The van der Waals surface area contributed by atoms with Crippen LogP contribution in [-0.2, 0) is 4.74 Å². The Morgan fingerprint density at radius 3 is 2.70 bits per heavy atom.